The van der Waals surface area contributed by atoms with Gasteiger partial charge in [-0.2, -0.15) is 0 Å². The van der Waals surface area contributed by atoms with Gasteiger partial charge in [0.25, 0.3) is 0 Å². The molecule has 0 spiro atoms. The van der Waals surface area contributed by atoms with Crippen molar-refractivity contribution < 1.29 is 4.18 Å². The van der Waals surface area contributed by atoms with Crippen LogP contribution in [0.15, 0.2) is 15.9 Å². The minimum atomic E-state index is -0.559. The summed E-state index contributed by atoms with van der Waals surface area (Å²) in [5.41, 5.74) is 0. The van der Waals surface area contributed by atoms with E-state index in [2.05, 4.69) is 51.0 Å². The normalized spacial score (nSPS) is 13.2. The number of halogens is 2. The number of hydrogen-bond donors (Lipinski definition) is 1. The molecule has 1 nitrogen and oxygen atoms in total. The van der Waals surface area contributed by atoms with Crippen molar-refractivity contribution in [1.82, 2.24) is 0 Å². The average molecular weight is 383 g/mol. The maximum absolute atomic E-state index is 5.35. The molecule has 0 bridgehead atoms. The van der Waals surface area contributed by atoms with E-state index in [1.165, 1.54) is 4.88 Å². The zero-order chi connectivity index (χ0) is 8.27. The molecular formula is C5H5BrIOPS2. The zero-order valence-corrected chi connectivity index (χ0v) is 11.7. The van der Waals surface area contributed by atoms with Gasteiger partial charge in [0.15, 0.2) is 0 Å². The third kappa shape index (κ3) is 4.43. The Hall–Kier alpha value is 1.65. The van der Waals surface area contributed by atoms with Gasteiger partial charge in [-0.1, -0.05) is 0 Å². The topological polar surface area (TPSA) is 9.23 Å². The molecule has 0 aromatic carbocycles. The van der Waals surface area contributed by atoms with Gasteiger partial charge in [0, 0.05) is 0 Å². The van der Waals surface area contributed by atoms with Gasteiger partial charge >= 0.3 is 95.2 Å². The predicted octanol–water partition coefficient (Wildman–Crippen LogP) is 4.62. The molecule has 0 amide bonds. The van der Waals surface area contributed by atoms with Gasteiger partial charge in [-0.25, -0.2) is 0 Å². The van der Waals surface area contributed by atoms with Crippen LogP contribution in [-0.2, 0) is 10.8 Å². The van der Waals surface area contributed by atoms with Gasteiger partial charge < -0.3 is 0 Å². The second-order valence-corrected chi connectivity index (χ2v) is 10.4. The van der Waals surface area contributed by atoms with E-state index in [0.29, 0.717) is 6.61 Å². The van der Waals surface area contributed by atoms with Crippen LogP contribution < -0.4 is 0 Å². The first-order valence-corrected chi connectivity index (χ1v) is 9.56. The molecule has 0 aliphatic heterocycles. The molecule has 0 N–H and O–H groups in total. The van der Waals surface area contributed by atoms with Crippen molar-refractivity contribution >= 4 is 63.6 Å². The molecule has 0 aliphatic carbocycles. The van der Waals surface area contributed by atoms with E-state index in [1.807, 2.05) is 5.38 Å². The number of thiophene rings is 1. The van der Waals surface area contributed by atoms with Crippen molar-refractivity contribution in [3.63, 3.8) is 0 Å². The van der Waals surface area contributed by atoms with Gasteiger partial charge in [-0.3, -0.25) is 0 Å². The maximum atomic E-state index is 5.35. The Kier molecular flexibility index (Phi) is 5.26. The van der Waals surface area contributed by atoms with Crippen LogP contribution in [0.4, 0.5) is 0 Å². The molecule has 0 saturated heterocycles. The fourth-order valence-electron chi connectivity index (χ4n) is 0.546. The summed E-state index contributed by atoms with van der Waals surface area (Å²) in [5, 5.41) is 2.05. The summed E-state index contributed by atoms with van der Waals surface area (Å²) in [5.74, 6) is 0. The van der Waals surface area contributed by atoms with Crippen molar-refractivity contribution in [3.05, 3.63) is 20.8 Å². The molecule has 0 radical (unpaired) electrons. The van der Waals surface area contributed by atoms with Crippen LogP contribution in [0.1, 0.15) is 4.88 Å². The minimum absolute atomic E-state index is 0.559. The first kappa shape index (κ1) is 10.7. The summed E-state index contributed by atoms with van der Waals surface area (Å²) in [6.45, 7) is 0.675. The van der Waals surface area contributed by atoms with E-state index in [0.717, 1.165) is 4.47 Å². The molecule has 0 fully saturated rings. The van der Waals surface area contributed by atoms with Crippen molar-refractivity contribution in [3.8, 4) is 0 Å². The number of hydrogen-bond acceptors (Lipinski definition) is 2. The Morgan fingerprint density at radius 1 is 1.82 bits per heavy atom. The Morgan fingerprint density at radius 2 is 2.55 bits per heavy atom. The van der Waals surface area contributed by atoms with E-state index in [1.54, 1.807) is 11.3 Å². The third-order valence-electron chi connectivity index (χ3n) is 0.935. The summed E-state index contributed by atoms with van der Waals surface area (Å²) < 4.78 is 6.47. The zero-order valence-electron chi connectivity index (χ0n) is 5.33. The fourth-order valence-corrected chi connectivity index (χ4v) is 2.83. The Morgan fingerprint density at radius 3 is 3.00 bits per heavy atom. The molecule has 11 heavy (non-hydrogen) atoms. The monoisotopic (exact) mass is 382 g/mol. The van der Waals surface area contributed by atoms with Crippen LogP contribution in [0.25, 0.3) is 0 Å². The summed E-state index contributed by atoms with van der Waals surface area (Å²) in [4.78, 5) is 1.23. The van der Waals surface area contributed by atoms with Gasteiger partial charge in [-0.05, 0) is 0 Å². The molecule has 1 rings (SSSR count). The molecule has 1 aromatic rings. The van der Waals surface area contributed by atoms with E-state index in [9.17, 15) is 0 Å². The van der Waals surface area contributed by atoms with Crippen LogP contribution >= 0.6 is 63.6 Å². The van der Waals surface area contributed by atoms with Crippen molar-refractivity contribution in [2.45, 2.75) is 6.61 Å². The Balaban J connectivity index is 2.47. The summed E-state index contributed by atoms with van der Waals surface area (Å²) >= 11 is 7.25. The summed E-state index contributed by atoms with van der Waals surface area (Å²) in [6.07, 6.45) is 0. The van der Waals surface area contributed by atoms with Crippen LogP contribution in [0.2, 0.25) is 0 Å². The Labute approximate surface area is 94.2 Å². The molecule has 0 saturated carbocycles. The summed E-state index contributed by atoms with van der Waals surface area (Å²) in [6, 6.07) is 2.06. The van der Waals surface area contributed by atoms with Gasteiger partial charge in [-0.15, -0.1) is 0 Å². The molecule has 0 aliphatic rings. The SMILES string of the molecule is P#[SH](I)OCc1cc(Br)cs1. The van der Waals surface area contributed by atoms with Crippen LogP contribution in [0.5, 0.6) is 0 Å². The van der Waals surface area contributed by atoms with E-state index < -0.39 is 7.32 Å². The predicted molar refractivity (Wildman–Crippen MR) is 66.7 cm³/mol. The quantitative estimate of drug-likeness (QED) is 0.446. The van der Waals surface area contributed by atoms with Crippen molar-refractivity contribution in [2.75, 3.05) is 0 Å². The Bertz CT molecular complexity index is 305. The van der Waals surface area contributed by atoms with E-state index in [4.69, 9.17) is 4.18 Å². The number of thiol groups is 1. The van der Waals surface area contributed by atoms with Gasteiger partial charge in [0.2, 0.25) is 0 Å². The van der Waals surface area contributed by atoms with Crippen LogP contribution in [-0.4, -0.2) is 0 Å². The van der Waals surface area contributed by atoms with Gasteiger partial charge in [0.1, 0.15) is 0 Å². The standard InChI is InChI=1S/C5H5BrIOPS2/c6-4-1-5(10-3-4)2-8-11(7)9/h1,3,11H,2H2. The van der Waals surface area contributed by atoms with E-state index in [-0.39, 0.29) is 0 Å². The van der Waals surface area contributed by atoms with E-state index >= 15 is 0 Å². The molecule has 1 heterocycles. The first-order chi connectivity index (χ1) is 5.18. The molecule has 1 aromatic heterocycles. The summed E-state index contributed by atoms with van der Waals surface area (Å²) in [7, 11) is 3.60. The van der Waals surface area contributed by atoms with Gasteiger partial charge in [0.05, 0.1) is 0 Å². The number of rotatable bonds is 2. The average Bonchev–Trinajstić information content (AvgIpc) is 2.31. The molecule has 1 atom stereocenters. The van der Waals surface area contributed by atoms with Crippen LogP contribution in [0.3, 0.4) is 0 Å². The fraction of sp³-hybridized carbons (Fsp3) is 0.200. The first-order valence-electron chi connectivity index (χ1n) is 2.69. The van der Waals surface area contributed by atoms with Crippen LogP contribution in [0, 0.1) is 0 Å². The molecular weight excluding hydrogens is 378 g/mol. The molecule has 6 heteroatoms. The molecule has 1 unspecified atom stereocenters. The second-order valence-electron chi connectivity index (χ2n) is 1.73. The second kappa shape index (κ2) is 5.40. The third-order valence-corrected chi connectivity index (χ3v) is 4.13. The van der Waals surface area contributed by atoms with Crippen molar-refractivity contribution in [1.29, 1.82) is 0 Å². The van der Waals surface area contributed by atoms with Crippen molar-refractivity contribution in [2.24, 2.45) is 0 Å². The molecule has 62 valence electrons.